The summed E-state index contributed by atoms with van der Waals surface area (Å²) in [4.78, 5) is 12.1. The zero-order valence-electron chi connectivity index (χ0n) is 13.5. The van der Waals surface area contributed by atoms with Gasteiger partial charge in [0.15, 0.2) is 0 Å². The second kappa shape index (κ2) is 6.59. The zero-order chi connectivity index (χ0) is 18.0. The van der Waals surface area contributed by atoms with Crippen molar-refractivity contribution in [3.05, 3.63) is 47.8 Å². The Morgan fingerprint density at radius 2 is 1.96 bits per heavy atom. The van der Waals surface area contributed by atoms with Crippen molar-refractivity contribution in [3.8, 4) is 6.07 Å². The van der Waals surface area contributed by atoms with Gasteiger partial charge in [0.05, 0.1) is 22.9 Å². The quantitative estimate of drug-likeness (QED) is 0.854. The first-order valence-corrected chi connectivity index (χ1v) is 7.77. The number of aromatic nitrogens is 2. The van der Waals surface area contributed by atoms with Crippen molar-refractivity contribution in [2.75, 3.05) is 29.9 Å². The Balaban J connectivity index is 1.84. The van der Waals surface area contributed by atoms with Gasteiger partial charge in [-0.1, -0.05) is 6.07 Å². The number of benzene rings is 1. The molecule has 1 aliphatic rings. The Kier molecular flexibility index (Phi) is 4.49. The Hall–Kier alpha value is -2.82. The largest absolute Gasteiger partial charge is 0.417 e. The molecule has 1 fully saturated rings. The van der Waals surface area contributed by atoms with Gasteiger partial charge in [0.2, 0.25) is 5.95 Å². The van der Waals surface area contributed by atoms with Crippen LogP contribution in [0.15, 0.2) is 36.7 Å². The van der Waals surface area contributed by atoms with Crippen molar-refractivity contribution in [1.29, 1.82) is 5.26 Å². The molecule has 0 aliphatic carbocycles. The van der Waals surface area contributed by atoms with Crippen LogP contribution in [0.25, 0.3) is 0 Å². The first-order chi connectivity index (χ1) is 11.9. The van der Waals surface area contributed by atoms with E-state index in [-0.39, 0.29) is 11.6 Å². The normalized spacial score (nSPS) is 17.4. The number of anilines is 2. The van der Waals surface area contributed by atoms with Crippen LogP contribution < -0.4 is 9.80 Å². The third-order valence-corrected chi connectivity index (χ3v) is 4.38. The molecule has 0 bridgehead atoms. The van der Waals surface area contributed by atoms with Gasteiger partial charge in [0.25, 0.3) is 0 Å². The lowest BCUT2D eigenvalue weighted by Crippen LogP contribution is -2.35. The number of hydrogen-bond acceptors (Lipinski definition) is 5. The lowest BCUT2D eigenvalue weighted by Gasteiger charge is -2.26. The van der Waals surface area contributed by atoms with Crippen LogP contribution in [0.4, 0.5) is 24.8 Å². The second-order valence-electron chi connectivity index (χ2n) is 5.86. The molecule has 2 aromatic rings. The molecule has 0 saturated carbocycles. The van der Waals surface area contributed by atoms with Gasteiger partial charge in [-0.2, -0.15) is 18.4 Å². The van der Waals surface area contributed by atoms with Gasteiger partial charge in [-0.3, -0.25) is 0 Å². The smallest absolute Gasteiger partial charge is 0.368 e. The molecular weight excluding hydrogens is 331 g/mol. The Labute approximate surface area is 143 Å². The van der Waals surface area contributed by atoms with Crippen LogP contribution in [0, 0.1) is 11.3 Å². The van der Waals surface area contributed by atoms with Gasteiger partial charge in [-0.15, -0.1) is 0 Å². The highest BCUT2D eigenvalue weighted by molar-refractivity contribution is 5.64. The Bertz CT molecular complexity index is 785. The van der Waals surface area contributed by atoms with Crippen LogP contribution in [0.5, 0.6) is 0 Å². The fraction of sp³-hybridized carbons (Fsp3) is 0.353. The average Bonchev–Trinajstić information content (AvgIpc) is 3.10. The fourth-order valence-electron chi connectivity index (χ4n) is 3.07. The third kappa shape index (κ3) is 3.36. The number of hydrogen-bond donors (Lipinski definition) is 0. The predicted octanol–water partition coefficient (Wildman–Crippen LogP) is 3.08. The number of nitriles is 1. The summed E-state index contributed by atoms with van der Waals surface area (Å²) in [6.45, 7) is 1.07. The maximum Gasteiger partial charge on any atom is 0.417 e. The lowest BCUT2D eigenvalue weighted by atomic mass is 10.1. The topological polar surface area (TPSA) is 56.1 Å². The van der Waals surface area contributed by atoms with E-state index in [1.54, 1.807) is 30.6 Å². The number of rotatable bonds is 3. The van der Waals surface area contributed by atoms with Gasteiger partial charge >= 0.3 is 6.18 Å². The van der Waals surface area contributed by atoms with Crippen LogP contribution in [-0.2, 0) is 6.18 Å². The predicted molar refractivity (Wildman–Crippen MR) is 87.2 cm³/mol. The molecule has 1 aromatic carbocycles. The van der Waals surface area contributed by atoms with Crippen molar-refractivity contribution in [2.45, 2.75) is 18.6 Å². The molecule has 0 N–H and O–H groups in total. The van der Waals surface area contributed by atoms with E-state index in [9.17, 15) is 18.4 Å². The molecule has 1 aliphatic heterocycles. The summed E-state index contributed by atoms with van der Waals surface area (Å²) in [5.41, 5.74) is -0.896. The van der Waals surface area contributed by atoms with Crippen molar-refractivity contribution in [2.24, 2.45) is 0 Å². The minimum Gasteiger partial charge on any atom is -0.368 e. The summed E-state index contributed by atoms with van der Waals surface area (Å²) < 4.78 is 39.4. The van der Waals surface area contributed by atoms with Crippen LogP contribution in [-0.4, -0.2) is 36.1 Å². The van der Waals surface area contributed by atoms with Crippen LogP contribution in [0.3, 0.4) is 0 Å². The summed E-state index contributed by atoms with van der Waals surface area (Å²) in [5.74, 6) is 0.568. The highest BCUT2D eigenvalue weighted by Crippen LogP contribution is 2.37. The molecule has 0 spiro atoms. The maximum absolute atomic E-state index is 13.1. The second-order valence-corrected chi connectivity index (χ2v) is 5.86. The van der Waals surface area contributed by atoms with Crippen LogP contribution in [0.1, 0.15) is 17.5 Å². The average molecular weight is 347 g/mol. The molecule has 0 amide bonds. The van der Waals surface area contributed by atoms with Gasteiger partial charge in [-0.05, 0) is 24.6 Å². The van der Waals surface area contributed by atoms with E-state index in [1.165, 1.54) is 6.07 Å². The molecule has 25 heavy (non-hydrogen) atoms. The van der Waals surface area contributed by atoms with E-state index >= 15 is 0 Å². The monoisotopic (exact) mass is 347 g/mol. The number of likely N-dealkylation sites (N-methyl/N-ethyl adjacent to an activating group) is 1. The zero-order valence-corrected chi connectivity index (χ0v) is 13.5. The number of nitrogens with zero attached hydrogens (tertiary/aromatic N) is 5. The fourth-order valence-corrected chi connectivity index (χ4v) is 3.07. The number of alkyl halides is 3. The first kappa shape index (κ1) is 17.0. The van der Waals surface area contributed by atoms with Gasteiger partial charge < -0.3 is 9.80 Å². The highest BCUT2D eigenvalue weighted by atomic mass is 19.4. The molecule has 3 rings (SSSR count). The van der Waals surface area contributed by atoms with Gasteiger partial charge in [-0.25, -0.2) is 9.97 Å². The molecule has 8 heteroatoms. The standard InChI is InChI=1S/C17H16F3N5/c1-24(16-22-7-3-8-23-16)12-6-9-25(11-12)15-5-2-4-14(13(15)10-21)17(18,19)20/h2-5,7-8,12H,6,9,11H2,1H3. The minimum atomic E-state index is -4.55. The van der Waals surface area contributed by atoms with Gasteiger partial charge in [0.1, 0.15) is 6.07 Å². The summed E-state index contributed by atoms with van der Waals surface area (Å²) >= 11 is 0. The van der Waals surface area contributed by atoms with E-state index in [1.807, 2.05) is 16.8 Å². The SMILES string of the molecule is CN(c1ncccn1)C1CCN(c2cccc(C(F)(F)F)c2C#N)C1. The van der Waals surface area contributed by atoms with Crippen molar-refractivity contribution in [3.63, 3.8) is 0 Å². The van der Waals surface area contributed by atoms with Crippen LogP contribution >= 0.6 is 0 Å². The van der Waals surface area contributed by atoms with Crippen molar-refractivity contribution >= 4 is 11.6 Å². The van der Waals surface area contributed by atoms with E-state index in [0.29, 0.717) is 24.7 Å². The lowest BCUT2D eigenvalue weighted by molar-refractivity contribution is -0.137. The van der Waals surface area contributed by atoms with Crippen molar-refractivity contribution < 1.29 is 13.2 Å². The Morgan fingerprint density at radius 3 is 2.60 bits per heavy atom. The first-order valence-electron chi connectivity index (χ1n) is 7.77. The maximum atomic E-state index is 13.1. The van der Waals surface area contributed by atoms with Crippen LogP contribution in [0.2, 0.25) is 0 Å². The highest BCUT2D eigenvalue weighted by Gasteiger charge is 2.36. The van der Waals surface area contributed by atoms with E-state index < -0.39 is 11.7 Å². The van der Waals surface area contributed by atoms with Gasteiger partial charge in [0, 0.05) is 32.5 Å². The minimum absolute atomic E-state index is 0.0588. The molecule has 1 aromatic heterocycles. The van der Waals surface area contributed by atoms with E-state index in [2.05, 4.69) is 9.97 Å². The molecule has 1 atom stereocenters. The molecule has 130 valence electrons. The summed E-state index contributed by atoms with van der Waals surface area (Å²) in [6.07, 6.45) is -0.511. The van der Waals surface area contributed by atoms with Crippen molar-refractivity contribution in [1.82, 2.24) is 9.97 Å². The Morgan fingerprint density at radius 1 is 1.24 bits per heavy atom. The van der Waals surface area contributed by atoms with E-state index in [0.717, 1.165) is 12.5 Å². The van der Waals surface area contributed by atoms with E-state index in [4.69, 9.17) is 0 Å². The number of halogens is 3. The summed E-state index contributed by atoms with van der Waals surface area (Å²) in [7, 11) is 1.86. The molecule has 1 unspecified atom stereocenters. The molecule has 0 radical (unpaired) electrons. The summed E-state index contributed by atoms with van der Waals surface area (Å²) in [5, 5.41) is 9.27. The molecule has 1 saturated heterocycles. The summed E-state index contributed by atoms with van der Waals surface area (Å²) in [6, 6.07) is 7.36. The molecule has 2 heterocycles. The molecular formula is C17H16F3N5. The molecule has 5 nitrogen and oxygen atoms in total. The third-order valence-electron chi connectivity index (χ3n) is 4.38.